The molecule has 0 radical (unpaired) electrons. The SMILES string of the molecule is CCCCOC(=O)CC(C)(OOC(C)(C)C)OOC(C)(C)C. The summed E-state index contributed by atoms with van der Waals surface area (Å²) in [7, 11) is 0. The smallest absolute Gasteiger partial charge is 0.311 e. The summed E-state index contributed by atoms with van der Waals surface area (Å²) in [4.78, 5) is 33.1. The fraction of sp³-hybridized carbons (Fsp3) is 0.938. The fourth-order valence-corrected chi connectivity index (χ4v) is 1.14. The summed E-state index contributed by atoms with van der Waals surface area (Å²) in [6, 6.07) is 0. The lowest BCUT2D eigenvalue weighted by atomic mass is 10.2. The van der Waals surface area contributed by atoms with Crippen molar-refractivity contribution in [2.45, 2.75) is 91.6 Å². The Hall–Kier alpha value is -0.690. The fourth-order valence-electron chi connectivity index (χ4n) is 1.14. The molecule has 0 aliphatic carbocycles. The Morgan fingerprint density at radius 3 is 1.64 bits per heavy atom. The lowest BCUT2D eigenvalue weighted by Gasteiger charge is -2.32. The summed E-state index contributed by atoms with van der Waals surface area (Å²) in [6.07, 6.45) is 1.64. The molecule has 0 bridgehead atoms. The van der Waals surface area contributed by atoms with E-state index in [0.29, 0.717) is 6.61 Å². The maximum Gasteiger partial charge on any atom is 0.311 e. The van der Waals surface area contributed by atoms with Crippen molar-refractivity contribution in [1.82, 2.24) is 0 Å². The molecule has 132 valence electrons. The maximum atomic E-state index is 11.9. The van der Waals surface area contributed by atoms with Gasteiger partial charge in [-0.1, -0.05) is 13.3 Å². The first-order chi connectivity index (χ1) is 9.87. The molecule has 0 fully saturated rings. The quantitative estimate of drug-likeness (QED) is 0.211. The van der Waals surface area contributed by atoms with Crippen LogP contribution in [0, 0.1) is 0 Å². The van der Waals surface area contributed by atoms with Gasteiger partial charge in [0, 0.05) is 0 Å². The van der Waals surface area contributed by atoms with Crippen LogP contribution in [0.2, 0.25) is 0 Å². The van der Waals surface area contributed by atoms with Gasteiger partial charge in [0.05, 0.1) is 17.8 Å². The molecule has 6 heteroatoms. The highest BCUT2D eigenvalue weighted by atomic mass is 17.3. The average Bonchev–Trinajstić information content (AvgIpc) is 2.33. The van der Waals surface area contributed by atoms with Crippen LogP contribution in [0.1, 0.15) is 74.7 Å². The molecule has 22 heavy (non-hydrogen) atoms. The second-order valence-corrected chi connectivity index (χ2v) is 7.44. The van der Waals surface area contributed by atoms with Crippen molar-refractivity contribution in [3.8, 4) is 0 Å². The lowest BCUT2D eigenvalue weighted by Crippen LogP contribution is -2.40. The van der Waals surface area contributed by atoms with Crippen LogP contribution in [-0.4, -0.2) is 29.6 Å². The molecule has 0 spiro atoms. The number of ether oxygens (including phenoxy) is 1. The van der Waals surface area contributed by atoms with E-state index in [0.717, 1.165) is 12.8 Å². The van der Waals surface area contributed by atoms with Gasteiger partial charge in [0.15, 0.2) is 0 Å². The average molecular weight is 320 g/mol. The normalized spacial score (nSPS) is 13.3. The third kappa shape index (κ3) is 11.9. The minimum absolute atomic E-state index is 0.136. The van der Waals surface area contributed by atoms with Gasteiger partial charge >= 0.3 is 5.97 Å². The Kier molecular flexibility index (Phi) is 8.54. The molecule has 6 nitrogen and oxygen atoms in total. The number of carbonyl (C=O) groups excluding carboxylic acids is 1. The second kappa shape index (κ2) is 8.82. The molecule has 0 aliphatic rings. The van der Waals surface area contributed by atoms with Crippen LogP contribution in [0.15, 0.2) is 0 Å². The molecule has 0 aromatic heterocycles. The first kappa shape index (κ1) is 21.3. The highest BCUT2D eigenvalue weighted by Gasteiger charge is 2.37. The highest BCUT2D eigenvalue weighted by molar-refractivity contribution is 5.70. The molecule has 0 saturated carbocycles. The van der Waals surface area contributed by atoms with E-state index < -0.39 is 23.0 Å². The summed E-state index contributed by atoms with van der Waals surface area (Å²) in [5, 5.41) is 0. The Balaban J connectivity index is 4.65. The van der Waals surface area contributed by atoms with Crippen molar-refractivity contribution in [3.05, 3.63) is 0 Å². The van der Waals surface area contributed by atoms with Crippen LogP contribution in [0.3, 0.4) is 0 Å². The molecule has 0 atom stereocenters. The lowest BCUT2D eigenvalue weighted by molar-refractivity contribution is -0.535. The van der Waals surface area contributed by atoms with Crippen LogP contribution in [-0.2, 0) is 29.1 Å². The molecular weight excluding hydrogens is 288 g/mol. The van der Waals surface area contributed by atoms with E-state index in [1.165, 1.54) is 0 Å². The molecule has 0 aromatic carbocycles. The zero-order valence-corrected chi connectivity index (χ0v) is 15.3. The van der Waals surface area contributed by atoms with Gasteiger partial charge in [0.2, 0.25) is 5.79 Å². The largest absolute Gasteiger partial charge is 0.466 e. The Labute approximate surface area is 134 Å². The van der Waals surface area contributed by atoms with E-state index in [9.17, 15) is 4.79 Å². The van der Waals surface area contributed by atoms with Gasteiger partial charge in [-0.3, -0.25) is 4.79 Å². The van der Waals surface area contributed by atoms with Gasteiger partial charge in [0.1, 0.15) is 6.42 Å². The van der Waals surface area contributed by atoms with Crippen molar-refractivity contribution in [2.75, 3.05) is 6.61 Å². The topological polar surface area (TPSA) is 63.2 Å². The second-order valence-electron chi connectivity index (χ2n) is 7.44. The van der Waals surface area contributed by atoms with Crippen LogP contribution in [0.25, 0.3) is 0 Å². The van der Waals surface area contributed by atoms with Crippen LogP contribution < -0.4 is 0 Å². The van der Waals surface area contributed by atoms with Gasteiger partial charge in [-0.15, -0.1) is 0 Å². The van der Waals surface area contributed by atoms with Gasteiger partial charge in [-0.25, -0.2) is 9.78 Å². The predicted octanol–water partition coefficient (Wildman–Crippen LogP) is 3.93. The van der Waals surface area contributed by atoms with Crippen molar-refractivity contribution < 1.29 is 29.1 Å². The standard InChI is InChI=1S/C16H32O6/c1-9-10-11-18-13(17)12-16(8,21-19-14(2,3)4)22-20-15(5,6)7/h9-12H2,1-8H3. The first-order valence-electron chi connectivity index (χ1n) is 7.76. The summed E-state index contributed by atoms with van der Waals surface area (Å²) in [5.74, 6) is -1.81. The Morgan fingerprint density at radius 1 is 0.818 bits per heavy atom. The molecule has 0 aliphatic heterocycles. The van der Waals surface area contributed by atoms with E-state index in [2.05, 4.69) is 0 Å². The summed E-state index contributed by atoms with van der Waals surface area (Å²) < 4.78 is 5.13. The minimum atomic E-state index is -1.39. The predicted molar refractivity (Wildman–Crippen MR) is 82.7 cm³/mol. The number of hydrogen-bond acceptors (Lipinski definition) is 6. The summed E-state index contributed by atoms with van der Waals surface area (Å²) >= 11 is 0. The molecule has 0 aromatic rings. The van der Waals surface area contributed by atoms with Crippen molar-refractivity contribution in [1.29, 1.82) is 0 Å². The monoisotopic (exact) mass is 320 g/mol. The molecule has 0 saturated heterocycles. The zero-order chi connectivity index (χ0) is 17.4. The third-order valence-electron chi connectivity index (χ3n) is 2.16. The molecule has 0 amide bonds. The molecular formula is C16H32O6. The highest BCUT2D eigenvalue weighted by Crippen LogP contribution is 2.25. The van der Waals surface area contributed by atoms with Crippen LogP contribution in [0.5, 0.6) is 0 Å². The van der Waals surface area contributed by atoms with E-state index in [1.54, 1.807) is 6.92 Å². The van der Waals surface area contributed by atoms with E-state index >= 15 is 0 Å². The van der Waals surface area contributed by atoms with Crippen molar-refractivity contribution >= 4 is 5.97 Å². The van der Waals surface area contributed by atoms with E-state index in [4.69, 9.17) is 24.3 Å². The number of unbranched alkanes of at least 4 members (excludes halogenated alkanes) is 1. The molecule has 0 unspecified atom stereocenters. The van der Waals surface area contributed by atoms with Gasteiger partial charge < -0.3 is 4.74 Å². The number of rotatable bonds is 9. The number of esters is 1. The minimum Gasteiger partial charge on any atom is -0.466 e. The summed E-state index contributed by atoms with van der Waals surface area (Å²) in [5.41, 5.74) is -1.09. The van der Waals surface area contributed by atoms with Crippen molar-refractivity contribution in [3.63, 3.8) is 0 Å². The van der Waals surface area contributed by atoms with Crippen molar-refractivity contribution in [2.24, 2.45) is 0 Å². The first-order valence-corrected chi connectivity index (χ1v) is 7.76. The van der Waals surface area contributed by atoms with Gasteiger partial charge in [-0.2, -0.15) is 9.78 Å². The number of carbonyl (C=O) groups is 1. The molecule has 0 heterocycles. The number of hydrogen-bond donors (Lipinski definition) is 0. The van der Waals surface area contributed by atoms with Crippen LogP contribution >= 0.6 is 0 Å². The van der Waals surface area contributed by atoms with Gasteiger partial charge in [0.25, 0.3) is 0 Å². The maximum absolute atomic E-state index is 11.9. The Bertz CT molecular complexity index is 309. The summed E-state index contributed by atoms with van der Waals surface area (Å²) in [6.45, 7) is 15.0. The van der Waals surface area contributed by atoms with E-state index in [-0.39, 0.29) is 6.42 Å². The third-order valence-corrected chi connectivity index (χ3v) is 2.16. The Morgan fingerprint density at radius 2 is 1.27 bits per heavy atom. The van der Waals surface area contributed by atoms with Gasteiger partial charge in [-0.05, 0) is 54.9 Å². The van der Waals surface area contributed by atoms with E-state index in [1.807, 2.05) is 48.5 Å². The van der Waals surface area contributed by atoms with Crippen LogP contribution in [0.4, 0.5) is 0 Å². The zero-order valence-electron chi connectivity index (χ0n) is 15.3. The molecule has 0 N–H and O–H groups in total. The molecule has 0 rings (SSSR count).